The maximum Gasteiger partial charge on any atom is 0.273 e. The molecule has 3 rings (SSSR count). The first-order valence-electron chi connectivity index (χ1n) is 4.77. The van der Waals surface area contributed by atoms with Gasteiger partial charge in [-0.1, -0.05) is 18.2 Å². The molecule has 1 amide bonds. The van der Waals surface area contributed by atoms with Crippen molar-refractivity contribution < 1.29 is 4.79 Å². The Morgan fingerprint density at radius 1 is 1.40 bits per heavy atom. The Bertz CT molecular complexity index is 520. The molecule has 4 nitrogen and oxygen atoms in total. The molecule has 1 aromatic rings. The minimum Gasteiger partial charge on any atom is -0.327 e. The van der Waals surface area contributed by atoms with Gasteiger partial charge in [-0.15, -0.1) is 0 Å². The first kappa shape index (κ1) is 8.23. The van der Waals surface area contributed by atoms with Crippen molar-refractivity contribution in [1.29, 1.82) is 0 Å². The van der Waals surface area contributed by atoms with Crippen LogP contribution in [-0.2, 0) is 0 Å². The number of hydrogen-bond acceptors (Lipinski definition) is 2. The number of carbonyl (C=O) groups is 1. The lowest BCUT2D eigenvalue weighted by atomic mass is 9.94. The zero-order chi connectivity index (χ0) is 10.3. The molecular formula is C11H9N3O. The van der Waals surface area contributed by atoms with Gasteiger partial charge < -0.3 is 5.32 Å². The highest BCUT2D eigenvalue weighted by molar-refractivity contribution is 6.02. The number of nitrogens with one attached hydrogen (secondary N) is 2. The predicted octanol–water partition coefficient (Wildman–Crippen LogP) is 1.38. The van der Waals surface area contributed by atoms with Crippen LogP contribution in [0, 0.1) is 0 Å². The molecule has 0 saturated carbocycles. The van der Waals surface area contributed by atoms with Crippen LogP contribution >= 0.6 is 0 Å². The van der Waals surface area contributed by atoms with Gasteiger partial charge in [0.15, 0.2) is 0 Å². The Morgan fingerprint density at radius 2 is 2.33 bits per heavy atom. The van der Waals surface area contributed by atoms with E-state index in [0.29, 0.717) is 5.69 Å². The molecule has 2 N–H and O–H groups in total. The van der Waals surface area contributed by atoms with Crippen molar-refractivity contribution in [3.8, 4) is 0 Å². The number of aromatic amines is 1. The first-order chi connectivity index (χ1) is 7.36. The summed E-state index contributed by atoms with van der Waals surface area (Å²) in [6.07, 6.45) is 10.4. The van der Waals surface area contributed by atoms with E-state index < -0.39 is 0 Å². The number of carbonyl (C=O) groups excluding carboxylic acids is 1. The van der Waals surface area contributed by atoms with Crippen molar-refractivity contribution in [3.63, 3.8) is 0 Å². The topological polar surface area (TPSA) is 57.8 Å². The second kappa shape index (κ2) is 2.95. The van der Waals surface area contributed by atoms with Crippen molar-refractivity contribution in [3.05, 3.63) is 47.5 Å². The minimum atomic E-state index is -0.134. The molecule has 74 valence electrons. The lowest BCUT2D eigenvalue weighted by Gasteiger charge is -2.09. The molecule has 15 heavy (non-hydrogen) atoms. The average Bonchev–Trinajstić information content (AvgIpc) is 2.71. The molecule has 1 aliphatic carbocycles. The highest BCUT2D eigenvalue weighted by Gasteiger charge is 2.22. The van der Waals surface area contributed by atoms with Gasteiger partial charge in [-0.2, -0.15) is 5.10 Å². The summed E-state index contributed by atoms with van der Waals surface area (Å²) in [7, 11) is 0. The number of nitrogens with zero attached hydrogens (tertiary/aromatic N) is 1. The van der Waals surface area contributed by atoms with Crippen LogP contribution in [0.4, 0.5) is 0 Å². The van der Waals surface area contributed by atoms with Crippen molar-refractivity contribution in [1.82, 2.24) is 15.5 Å². The number of hydrogen-bond donors (Lipinski definition) is 2. The van der Waals surface area contributed by atoms with Crippen molar-refractivity contribution in [2.75, 3.05) is 0 Å². The van der Waals surface area contributed by atoms with Crippen LogP contribution in [0.3, 0.4) is 0 Å². The Kier molecular flexibility index (Phi) is 1.62. The summed E-state index contributed by atoms with van der Waals surface area (Å²) >= 11 is 0. The van der Waals surface area contributed by atoms with Gasteiger partial charge in [-0.3, -0.25) is 9.89 Å². The maximum atomic E-state index is 11.6. The summed E-state index contributed by atoms with van der Waals surface area (Å²) in [5.41, 5.74) is 3.59. The highest BCUT2D eigenvalue weighted by Crippen LogP contribution is 2.31. The second-order valence-electron chi connectivity index (χ2n) is 3.51. The molecule has 2 heterocycles. The molecule has 1 aromatic heterocycles. The Balaban J connectivity index is 2.25. The molecular weight excluding hydrogens is 190 g/mol. The molecule has 0 fully saturated rings. The summed E-state index contributed by atoms with van der Waals surface area (Å²) in [4.78, 5) is 11.6. The molecule has 0 radical (unpaired) electrons. The number of rotatable bonds is 0. The van der Waals surface area contributed by atoms with Gasteiger partial charge in [0.1, 0.15) is 5.69 Å². The van der Waals surface area contributed by atoms with E-state index in [4.69, 9.17) is 0 Å². The quantitative estimate of drug-likeness (QED) is 0.663. The van der Waals surface area contributed by atoms with Gasteiger partial charge >= 0.3 is 0 Å². The van der Waals surface area contributed by atoms with Gasteiger partial charge in [0, 0.05) is 11.8 Å². The number of amides is 1. The lowest BCUT2D eigenvalue weighted by molar-refractivity contribution is 0.0965. The fraction of sp³-hybridized carbons (Fsp3) is 0.0909. The zero-order valence-electron chi connectivity index (χ0n) is 7.95. The largest absolute Gasteiger partial charge is 0.327 e. The molecule has 1 aliphatic heterocycles. The van der Waals surface area contributed by atoms with Gasteiger partial charge in [-0.05, 0) is 17.6 Å². The first-order valence-corrected chi connectivity index (χ1v) is 4.77. The summed E-state index contributed by atoms with van der Waals surface area (Å²) in [5, 5.41) is 9.37. The van der Waals surface area contributed by atoms with E-state index in [2.05, 4.69) is 21.6 Å². The molecule has 4 heteroatoms. The second-order valence-corrected chi connectivity index (χ2v) is 3.51. The highest BCUT2D eigenvalue weighted by atomic mass is 16.1. The van der Waals surface area contributed by atoms with Crippen LogP contribution in [0.1, 0.15) is 22.5 Å². The Labute approximate surface area is 86.4 Å². The number of aromatic nitrogens is 2. The van der Waals surface area contributed by atoms with Gasteiger partial charge in [0.05, 0.1) is 6.20 Å². The SMILES string of the molecule is O=C1NC=C2CC=CC=C2c2cn[nH]c21. The summed E-state index contributed by atoms with van der Waals surface area (Å²) < 4.78 is 0. The molecule has 2 aliphatic rings. The standard InChI is InChI=1S/C11H9N3O/c15-11-10-9(6-13-14-10)8-4-2-1-3-7(8)5-12-11/h1-2,4-6H,3H2,(H,12,15)(H,13,14). The Morgan fingerprint density at radius 3 is 3.27 bits per heavy atom. The average molecular weight is 199 g/mol. The van der Waals surface area contributed by atoms with Gasteiger partial charge in [-0.25, -0.2) is 0 Å². The van der Waals surface area contributed by atoms with Crippen LogP contribution in [0.25, 0.3) is 5.57 Å². The van der Waals surface area contributed by atoms with Crippen LogP contribution in [0.2, 0.25) is 0 Å². The number of allylic oxidation sites excluding steroid dienone is 5. The van der Waals surface area contributed by atoms with Gasteiger partial charge in [0.25, 0.3) is 5.91 Å². The van der Waals surface area contributed by atoms with Crippen LogP contribution < -0.4 is 5.32 Å². The molecule has 0 unspecified atom stereocenters. The Hall–Kier alpha value is -2.10. The third-order valence-electron chi connectivity index (χ3n) is 2.62. The van der Waals surface area contributed by atoms with E-state index in [1.165, 1.54) is 0 Å². The van der Waals surface area contributed by atoms with Gasteiger partial charge in [0.2, 0.25) is 0 Å². The van der Waals surface area contributed by atoms with Crippen LogP contribution in [-0.4, -0.2) is 16.1 Å². The fourth-order valence-corrected chi connectivity index (χ4v) is 1.86. The molecule has 0 aromatic carbocycles. The molecule has 0 saturated heterocycles. The summed E-state index contributed by atoms with van der Waals surface area (Å²) in [6, 6.07) is 0. The zero-order valence-corrected chi connectivity index (χ0v) is 7.95. The van der Waals surface area contributed by atoms with Crippen LogP contribution in [0.15, 0.2) is 36.2 Å². The number of H-pyrrole nitrogens is 1. The molecule has 0 atom stereocenters. The smallest absolute Gasteiger partial charge is 0.273 e. The normalized spacial score (nSPS) is 18.3. The van der Waals surface area contributed by atoms with E-state index >= 15 is 0 Å². The minimum absolute atomic E-state index is 0.134. The number of fused-ring (bicyclic) bond motifs is 3. The van der Waals surface area contributed by atoms with E-state index in [-0.39, 0.29) is 5.91 Å². The van der Waals surface area contributed by atoms with Crippen molar-refractivity contribution in [2.45, 2.75) is 6.42 Å². The van der Waals surface area contributed by atoms with Crippen molar-refractivity contribution >= 4 is 11.5 Å². The third-order valence-corrected chi connectivity index (χ3v) is 2.62. The van der Waals surface area contributed by atoms with Crippen LogP contribution in [0.5, 0.6) is 0 Å². The summed E-state index contributed by atoms with van der Waals surface area (Å²) in [5.74, 6) is -0.134. The van der Waals surface area contributed by atoms with Crippen molar-refractivity contribution in [2.24, 2.45) is 0 Å². The van der Waals surface area contributed by atoms with E-state index in [1.807, 2.05) is 12.2 Å². The van der Waals surface area contributed by atoms with E-state index in [9.17, 15) is 4.79 Å². The monoisotopic (exact) mass is 199 g/mol. The summed E-state index contributed by atoms with van der Waals surface area (Å²) in [6.45, 7) is 0. The van der Waals surface area contributed by atoms with E-state index in [0.717, 1.165) is 23.1 Å². The molecule has 0 bridgehead atoms. The molecule has 0 spiro atoms. The maximum absolute atomic E-state index is 11.6. The van der Waals surface area contributed by atoms with E-state index in [1.54, 1.807) is 12.4 Å². The third kappa shape index (κ3) is 1.15. The fourth-order valence-electron chi connectivity index (χ4n) is 1.86. The lowest BCUT2D eigenvalue weighted by Crippen LogP contribution is -2.17. The predicted molar refractivity (Wildman–Crippen MR) is 55.9 cm³/mol.